The van der Waals surface area contributed by atoms with E-state index in [1.807, 2.05) is 11.8 Å². The maximum Gasteiger partial charge on any atom is 0.259 e. The molecule has 19 heavy (non-hydrogen) atoms. The van der Waals surface area contributed by atoms with E-state index < -0.39 is 11.6 Å². The van der Waals surface area contributed by atoms with Gasteiger partial charge < -0.3 is 9.73 Å². The van der Waals surface area contributed by atoms with Crippen molar-refractivity contribution in [3.05, 3.63) is 17.8 Å². The van der Waals surface area contributed by atoms with Gasteiger partial charge in [0, 0.05) is 32.1 Å². The number of likely N-dealkylation sites (tertiary alicyclic amines) is 1. The average Bonchev–Trinajstić information content (AvgIpc) is 2.97. The molecule has 1 unspecified atom stereocenters. The van der Waals surface area contributed by atoms with E-state index >= 15 is 0 Å². The summed E-state index contributed by atoms with van der Waals surface area (Å²) in [5.41, 5.74) is -0.938. The minimum Gasteiger partial charge on any atom is -0.448 e. The first-order valence-corrected chi connectivity index (χ1v) is 6.68. The van der Waals surface area contributed by atoms with Crippen molar-refractivity contribution in [3.63, 3.8) is 0 Å². The van der Waals surface area contributed by atoms with E-state index in [-0.39, 0.29) is 19.0 Å². The summed E-state index contributed by atoms with van der Waals surface area (Å²) in [5.74, 6) is 0.299. The Morgan fingerprint density at radius 3 is 3.11 bits per heavy atom. The van der Waals surface area contributed by atoms with Crippen LogP contribution >= 0.6 is 0 Å². The molecule has 1 aromatic rings. The summed E-state index contributed by atoms with van der Waals surface area (Å²) >= 11 is 0. The number of amides is 1. The Kier molecular flexibility index (Phi) is 3.05. The Bertz CT molecular complexity index is 486. The lowest BCUT2D eigenvalue weighted by atomic mass is 10.0. The molecule has 1 N–H and O–H groups in total. The van der Waals surface area contributed by atoms with Gasteiger partial charge in [0.25, 0.3) is 5.91 Å². The van der Waals surface area contributed by atoms with Crippen molar-refractivity contribution in [2.45, 2.75) is 44.4 Å². The van der Waals surface area contributed by atoms with Crippen LogP contribution in [-0.2, 0) is 11.3 Å². The van der Waals surface area contributed by atoms with Crippen LogP contribution in [0.15, 0.2) is 10.8 Å². The summed E-state index contributed by atoms with van der Waals surface area (Å²) in [4.78, 5) is 17.9. The largest absolute Gasteiger partial charge is 0.448 e. The topological polar surface area (TPSA) is 58.4 Å². The third-order valence-corrected chi connectivity index (χ3v) is 3.84. The second-order valence-electron chi connectivity index (χ2n) is 5.53. The molecule has 0 radical (unpaired) electrons. The van der Waals surface area contributed by atoms with Crippen LogP contribution in [0.1, 0.15) is 30.7 Å². The number of hydrogen-bond acceptors (Lipinski definition) is 4. The van der Waals surface area contributed by atoms with Crippen LogP contribution in [0.5, 0.6) is 0 Å². The van der Waals surface area contributed by atoms with Gasteiger partial charge in [0.2, 0.25) is 5.67 Å². The van der Waals surface area contributed by atoms with Crippen LogP contribution in [0.25, 0.3) is 0 Å². The number of aryl methyl sites for hydroxylation is 1. The number of nitrogens with one attached hydrogen (secondary N) is 1. The van der Waals surface area contributed by atoms with Gasteiger partial charge in [-0.1, -0.05) is 0 Å². The average molecular weight is 267 g/mol. The van der Waals surface area contributed by atoms with Crippen LogP contribution in [0, 0.1) is 6.92 Å². The Morgan fingerprint density at radius 2 is 2.47 bits per heavy atom. The monoisotopic (exact) mass is 267 g/mol. The lowest BCUT2D eigenvalue weighted by Gasteiger charge is -2.19. The quantitative estimate of drug-likeness (QED) is 0.890. The number of hydrogen-bond donors (Lipinski definition) is 1. The van der Waals surface area contributed by atoms with Crippen LogP contribution in [-0.4, -0.2) is 40.6 Å². The number of carbonyl (C=O) groups excluding carboxylic acids is 1. The summed E-state index contributed by atoms with van der Waals surface area (Å²) in [6, 6.07) is 0.201. The lowest BCUT2D eigenvalue weighted by Crippen LogP contribution is -2.46. The minimum atomic E-state index is -1.75. The number of oxazole rings is 1. The molecule has 2 fully saturated rings. The van der Waals surface area contributed by atoms with Gasteiger partial charge in [0.15, 0.2) is 6.39 Å². The predicted molar refractivity (Wildman–Crippen MR) is 66.1 cm³/mol. The number of alkyl halides is 1. The number of nitrogens with zero attached hydrogens (tertiary/aromatic N) is 2. The summed E-state index contributed by atoms with van der Waals surface area (Å²) in [6.07, 6.45) is 3.60. The zero-order chi connectivity index (χ0) is 13.5. The van der Waals surface area contributed by atoms with E-state index in [1.165, 1.54) is 6.39 Å². The second kappa shape index (κ2) is 4.59. The molecule has 1 aromatic heterocycles. The van der Waals surface area contributed by atoms with Gasteiger partial charge in [-0.15, -0.1) is 0 Å². The standard InChI is InChI=1S/C13H18FN3O2/c1-9-11(15-8-19-9)6-17-5-4-13(14,7-17)12(18)16-10-2-3-10/h8,10H,2-7H2,1H3,(H,16,18). The fraction of sp³-hybridized carbons (Fsp3) is 0.692. The zero-order valence-corrected chi connectivity index (χ0v) is 11.0. The highest BCUT2D eigenvalue weighted by Crippen LogP contribution is 2.29. The van der Waals surface area contributed by atoms with E-state index in [0.29, 0.717) is 13.1 Å². The molecular formula is C13H18FN3O2. The Labute approximate surface area is 111 Å². The van der Waals surface area contributed by atoms with Gasteiger partial charge in [0.05, 0.1) is 5.69 Å². The Morgan fingerprint density at radius 1 is 1.68 bits per heavy atom. The molecule has 3 rings (SSSR count). The summed E-state index contributed by atoms with van der Waals surface area (Å²) in [6.45, 7) is 3.07. The smallest absolute Gasteiger partial charge is 0.259 e. The van der Waals surface area contributed by atoms with Crippen LogP contribution in [0.2, 0.25) is 0 Å². The van der Waals surface area contributed by atoms with Crippen molar-refractivity contribution in [2.24, 2.45) is 0 Å². The van der Waals surface area contributed by atoms with Crippen molar-refractivity contribution >= 4 is 5.91 Å². The molecule has 1 saturated carbocycles. The van der Waals surface area contributed by atoms with E-state index in [4.69, 9.17) is 4.42 Å². The van der Waals surface area contributed by atoms with Gasteiger partial charge in [-0.05, 0) is 19.8 Å². The fourth-order valence-electron chi connectivity index (χ4n) is 2.40. The molecule has 0 spiro atoms. The van der Waals surface area contributed by atoms with E-state index in [0.717, 1.165) is 24.3 Å². The number of aromatic nitrogens is 1. The van der Waals surface area contributed by atoms with Gasteiger partial charge in [-0.2, -0.15) is 0 Å². The predicted octanol–water partition coefficient (Wildman–Crippen LogP) is 1.18. The van der Waals surface area contributed by atoms with Crippen molar-refractivity contribution in [1.29, 1.82) is 0 Å². The molecular weight excluding hydrogens is 249 g/mol. The van der Waals surface area contributed by atoms with Gasteiger partial charge in [-0.3, -0.25) is 9.69 Å². The highest BCUT2D eigenvalue weighted by Gasteiger charge is 2.46. The molecule has 1 atom stereocenters. The first-order chi connectivity index (χ1) is 9.07. The number of halogens is 1. The Balaban J connectivity index is 1.59. The molecule has 0 bridgehead atoms. The van der Waals surface area contributed by atoms with Crippen LogP contribution in [0.3, 0.4) is 0 Å². The third-order valence-electron chi connectivity index (χ3n) is 3.84. The van der Waals surface area contributed by atoms with Crippen LogP contribution < -0.4 is 5.32 Å². The van der Waals surface area contributed by atoms with Crippen LogP contribution in [0.4, 0.5) is 4.39 Å². The van der Waals surface area contributed by atoms with Crippen molar-refractivity contribution in [1.82, 2.24) is 15.2 Å². The molecule has 6 heteroatoms. The SMILES string of the molecule is Cc1ocnc1CN1CCC(F)(C(=O)NC2CC2)C1. The van der Waals surface area contributed by atoms with E-state index in [9.17, 15) is 9.18 Å². The van der Waals surface area contributed by atoms with Gasteiger partial charge in [0.1, 0.15) is 5.76 Å². The normalized spacial score (nSPS) is 27.7. The number of rotatable bonds is 4. The fourth-order valence-corrected chi connectivity index (χ4v) is 2.40. The molecule has 1 amide bonds. The van der Waals surface area contributed by atoms with E-state index in [1.54, 1.807) is 0 Å². The molecule has 2 heterocycles. The highest BCUT2D eigenvalue weighted by atomic mass is 19.1. The Hall–Kier alpha value is -1.43. The molecule has 5 nitrogen and oxygen atoms in total. The second-order valence-corrected chi connectivity index (χ2v) is 5.53. The zero-order valence-electron chi connectivity index (χ0n) is 11.0. The molecule has 1 saturated heterocycles. The maximum absolute atomic E-state index is 14.6. The summed E-state index contributed by atoms with van der Waals surface area (Å²) in [7, 11) is 0. The maximum atomic E-state index is 14.6. The van der Waals surface area contributed by atoms with Gasteiger partial charge >= 0.3 is 0 Å². The lowest BCUT2D eigenvalue weighted by molar-refractivity contribution is -0.132. The molecule has 1 aliphatic carbocycles. The summed E-state index contributed by atoms with van der Waals surface area (Å²) < 4.78 is 19.7. The first kappa shape index (κ1) is 12.6. The van der Waals surface area contributed by atoms with Crippen molar-refractivity contribution < 1.29 is 13.6 Å². The molecule has 1 aliphatic heterocycles. The molecule has 0 aromatic carbocycles. The highest BCUT2D eigenvalue weighted by molar-refractivity contribution is 5.86. The first-order valence-electron chi connectivity index (χ1n) is 6.68. The molecule has 104 valence electrons. The van der Waals surface area contributed by atoms with E-state index in [2.05, 4.69) is 10.3 Å². The minimum absolute atomic E-state index is 0.137. The third kappa shape index (κ3) is 2.63. The van der Waals surface area contributed by atoms with Crippen molar-refractivity contribution in [3.8, 4) is 0 Å². The van der Waals surface area contributed by atoms with Gasteiger partial charge in [-0.25, -0.2) is 9.37 Å². The molecule has 2 aliphatic rings. The van der Waals surface area contributed by atoms with Crippen molar-refractivity contribution in [2.75, 3.05) is 13.1 Å². The number of carbonyl (C=O) groups is 1. The summed E-state index contributed by atoms with van der Waals surface area (Å²) in [5, 5.41) is 2.75.